The maximum atomic E-state index is 12.1. The van der Waals surface area contributed by atoms with Crippen LogP contribution >= 0.6 is 23.2 Å². The number of rotatable bonds is 7. The molecular weight excluding hydrogens is 373 g/mol. The minimum absolute atomic E-state index is 0.0254. The van der Waals surface area contributed by atoms with Crippen LogP contribution in [-0.4, -0.2) is 18.4 Å². The molecule has 5 nitrogen and oxygen atoms in total. The molecule has 0 radical (unpaired) electrons. The molecule has 0 spiro atoms. The number of amides is 2. The average molecular weight is 394 g/mol. The van der Waals surface area contributed by atoms with Gasteiger partial charge >= 0.3 is 0 Å². The minimum atomic E-state index is -0.235. The summed E-state index contributed by atoms with van der Waals surface area (Å²) in [7, 11) is 0. The molecule has 0 aliphatic rings. The van der Waals surface area contributed by atoms with Crippen LogP contribution in [0, 0.1) is 6.92 Å². The predicted molar refractivity (Wildman–Crippen MR) is 108 cm³/mol. The maximum absolute atomic E-state index is 12.1. The van der Waals surface area contributed by atoms with E-state index in [4.69, 9.17) is 23.2 Å². The van der Waals surface area contributed by atoms with Gasteiger partial charge in [-0.15, -0.1) is 0 Å². The lowest BCUT2D eigenvalue weighted by molar-refractivity contribution is -0.116. The molecule has 0 saturated carbocycles. The molecule has 26 heavy (non-hydrogen) atoms. The Hall–Kier alpha value is -2.24. The van der Waals surface area contributed by atoms with E-state index >= 15 is 0 Å². The Labute approximate surface area is 163 Å². The van der Waals surface area contributed by atoms with Crippen LogP contribution in [-0.2, 0) is 9.59 Å². The van der Waals surface area contributed by atoms with E-state index in [1.807, 2.05) is 19.9 Å². The molecule has 138 valence electrons. The van der Waals surface area contributed by atoms with Gasteiger partial charge in [-0.3, -0.25) is 9.59 Å². The number of hydrogen-bond acceptors (Lipinski definition) is 3. The van der Waals surface area contributed by atoms with E-state index in [2.05, 4.69) is 16.0 Å². The summed E-state index contributed by atoms with van der Waals surface area (Å²) < 4.78 is 0. The van der Waals surface area contributed by atoms with Crippen LogP contribution in [0.5, 0.6) is 0 Å². The third-order valence-electron chi connectivity index (χ3n) is 3.62. The molecule has 0 fully saturated rings. The van der Waals surface area contributed by atoms with Crippen LogP contribution < -0.4 is 16.0 Å². The number of halogens is 2. The molecule has 0 atom stereocenters. The normalized spacial score (nSPS) is 10.3. The molecular formula is C19H21Cl2N3O2. The fourth-order valence-electron chi connectivity index (χ4n) is 2.24. The monoisotopic (exact) mass is 393 g/mol. The molecule has 2 aromatic carbocycles. The SMILES string of the molecule is CCCC(=O)Nc1ccc(Cl)c(NCC(=O)Nc2ccc(C)c(Cl)c2)c1. The number of benzene rings is 2. The first kappa shape index (κ1) is 20.1. The molecule has 0 aromatic heterocycles. The highest BCUT2D eigenvalue weighted by atomic mass is 35.5. The standard InChI is InChI=1S/C19H21Cl2N3O2/c1-3-4-18(25)23-14-7-8-15(20)17(10-14)22-11-19(26)24-13-6-5-12(2)16(21)9-13/h5-10,22H,3-4,11H2,1-2H3,(H,23,25)(H,24,26). The topological polar surface area (TPSA) is 70.2 Å². The zero-order valence-electron chi connectivity index (χ0n) is 14.7. The summed E-state index contributed by atoms with van der Waals surface area (Å²) in [5.41, 5.74) is 2.76. The fourth-order valence-corrected chi connectivity index (χ4v) is 2.61. The lowest BCUT2D eigenvalue weighted by Crippen LogP contribution is -2.22. The van der Waals surface area contributed by atoms with Crippen molar-refractivity contribution >= 4 is 52.1 Å². The lowest BCUT2D eigenvalue weighted by atomic mass is 10.2. The van der Waals surface area contributed by atoms with E-state index < -0.39 is 0 Å². The summed E-state index contributed by atoms with van der Waals surface area (Å²) in [6.07, 6.45) is 1.22. The number of carbonyl (C=O) groups excluding carboxylic acids is 2. The molecule has 2 aromatic rings. The van der Waals surface area contributed by atoms with Crippen LogP contribution in [0.25, 0.3) is 0 Å². The van der Waals surface area contributed by atoms with Gasteiger partial charge in [-0.05, 0) is 49.2 Å². The molecule has 0 heterocycles. The summed E-state index contributed by atoms with van der Waals surface area (Å²) in [6.45, 7) is 3.86. The highest BCUT2D eigenvalue weighted by molar-refractivity contribution is 6.33. The van der Waals surface area contributed by atoms with Crippen LogP contribution in [0.15, 0.2) is 36.4 Å². The van der Waals surface area contributed by atoms with Crippen molar-refractivity contribution in [3.63, 3.8) is 0 Å². The third kappa shape index (κ3) is 5.93. The van der Waals surface area contributed by atoms with E-state index in [0.717, 1.165) is 12.0 Å². The van der Waals surface area contributed by atoms with Crippen LogP contribution in [0.3, 0.4) is 0 Å². The second-order valence-electron chi connectivity index (χ2n) is 5.86. The maximum Gasteiger partial charge on any atom is 0.243 e. The van der Waals surface area contributed by atoms with Gasteiger partial charge in [0.25, 0.3) is 0 Å². The first-order chi connectivity index (χ1) is 12.4. The molecule has 0 aliphatic carbocycles. The Bertz CT molecular complexity index is 809. The van der Waals surface area contributed by atoms with Crippen LogP contribution in [0.4, 0.5) is 17.1 Å². The first-order valence-electron chi connectivity index (χ1n) is 8.28. The van der Waals surface area contributed by atoms with Gasteiger partial charge in [0.2, 0.25) is 11.8 Å². The number of carbonyl (C=O) groups is 2. The van der Waals surface area contributed by atoms with Gasteiger partial charge in [0.1, 0.15) is 0 Å². The van der Waals surface area contributed by atoms with E-state index in [1.165, 1.54) is 0 Å². The quantitative estimate of drug-likeness (QED) is 0.613. The number of anilines is 3. The Morgan fingerprint density at radius 1 is 0.923 bits per heavy atom. The minimum Gasteiger partial charge on any atom is -0.375 e. The average Bonchev–Trinajstić information content (AvgIpc) is 2.59. The zero-order valence-corrected chi connectivity index (χ0v) is 16.2. The summed E-state index contributed by atoms with van der Waals surface area (Å²) in [5, 5.41) is 9.59. The van der Waals surface area contributed by atoms with Gasteiger partial charge in [0.15, 0.2) is 0 Å². The Balaban J connectivity index is 1.96. The first-order valence-corrected chi connectivity index (χ1v) is 9.04. The fraction of sp³-hybridized carbons (Fsp3) is 0.263. The van der Waals surface area contributed by atoms with E-state index in [0.29, 0.717) is 33.5 Å². The summed E-state index contributed by atoms with van der Waals surface area (Å²) in [6, 6.07) is 10.4. The van der Waals surface area contributed by atoms with Crippen LogP contribution in [0.2, 0.25) is 10.0 Å². The number of hydrogen-bond donors (Lipinski definition) is 3. The van der Waals surface area contributed by atoms with E-state index in [-0.39, 0.29) is 18.4 Å². The van der Waals surface area contributed by atoms with Crippen molar-refractivity contribution in [2.75, 3.05) is 22.5 Å². The molecule has 0 unspecified atom stereocenters. The smallest absolute Gasteiger partial charge is 0.243 e. The Morgan fingerprint density at radius 3 is 2.27 bits per heavy atom. The molecule has 2 amide bonds. The van der Waals surface area contributed by atoms with Gasteiger partial charge in [0, 0.05) is 22.8 Å². The molecule has 7 heteroatoms. The van der Waals surface area contributed by atoms with Crippen LogP contribution in [0.1, 0.15) is 25.3 Å². The van der Waals surface area contributed by atoms with Gasteiger partial charge in [-0.1, -0.05) is 36.2 Å². The van der Waals surface area contributed by atoms with Gasteiger partial charge in [-0.25, -0.2) is 0 Å². The number of nitrogens with one attached hydrogen (secondary N) is 3. The summed E-state index contributed by atoms with van der Waals surface area (Å²) in [4.78, 5) is 23.8. The molecule has 0 bridgehead atoms. The summed E-state index contributed by atoms with van der Waals surface area (Å²) >= 11 is 12.2. The van der Waals surface area contributed by atoms with Crippen molar-refractivity contribution in [1.82, 2.24) is 0 Å². The molecule has 0 saturated heterocycles. The zero-order chi connectivity index (χ0) is 19.1. The lowest BCUT2D eigenvalue weighted by Gasteiger charge is -2.12. The van der Waals surface area contributed by atoms with Crippen molar-refractivity contribution in [3.05, 3.63) is 52.0 Å². The Kier molecular flexibility index (Phi) is 7.30. The van der Waals surface area contributed by atoms with Crippen molar-refractivity contribution in [2.45, 2.75) is 26.7 Å². The van der Waals surface area contributed by atoms with E-state index in [1.54, 1.807) is 30.3 Å². The molecule has 0 aliphatic heterocycles. The van der Waals surface area contributed by atoms with Crippen molar-refractivity contribution in [2.24, 2.45) is 0 Å². The van der Waals surface area contributed by atoms with Gasteiger partial charge < -0.3 is 16.0 Å². The second kappa shape index (κ2) is 9.46. The van der Waals surface area contributed by atoms with Crippen molar-refractivity contribution in [3.8, 4) is 0 Å². The second-order valence-corrected chi connectivity index (χ2v) is 6.67. The number of aryl methyl sites for hydroxylation is 1. The van der Waals surface area contributed by atoms with Crippen molar-refractivity contribution < 1.29 is 9.59 Å². The van der Waals surface area contributed by atoms with Gasteiger partial charge in [-0.2, -0.15) is 0 Å². The van der Waals surface area contributed by atoms with Crippen molar-refractivity contribution in [1.29, 1.82) is 0 Å². The predicted octanol–water partition coefficient (Wildman–Crippen LogP) is 5.09. The summed E-state index contributed by atoms with van der Waals surface area (Å²) in [5.74, 6) is -0.295. The van der Waals surface area contributed by atoms with Gasteiger partial charge in [0.05, 0.1) is 17.3 Å². The highest BCUT2D eigenvalue weighted by Crippen LogP contribution is 2.26. The Morgan fingerprint density at radius 2 is 1.58 bits per heavy atom. The van der Waals surface area contributed by atoms with E-state index in [9.17, 15) is 9.59 Å². The molecule has 2 rings (SSSR count). The largest absolute Gasteiger partial charge is 0.375 e. The highest BCUT2D eigenvalue weighted by Gasteiger charge is 2.08. The third-order valence-corrected chi connectivity index (χ3v) is 4.36. The molecule has 3 N–H and O–H groups in total.